The largest absolute Gasteiger partial charge is 0.478 e. The maximum atomic E-state index is 14.6. The van der Waals surface area contributed by atoms with Crippen LogP contribution in [-0.4, -0.2) is 58.6 Å². The molecule has 3 N–H and O–H groups in total. The first kappa shape index (κ1) is 20.7. The van der Waals surface area contributed by atoms with Gasteiger partial charge in [-0.1, -0.05) is 0 Å². The fraction of sp³-hybridized carbons (Fsp3) is 0.500. The molecule has 0 radical (unpaired) electrons. The van der Waals surface area contributed by atoms with Gasteiger partial charge in [-0.2, -0.15) is 13.2 Å². The zero-order valence-corrected chi connectivity index (χ0v) is 14.2. The summed E-state index contributed by atoms with van der Waals surface area (Å²) in [5.74, 6) is -4.24. The van der Waals surface area contributed by atoms with Crippen molar-refractivity contribution in [3.05, 3.63) is 23.5 Å². The van der Waals surface area contributed by atoms with Crippen LogP contribution in [0.1, 0.15) is 30.1 Å². The lowest BCUT2D eigenvalue weighted by Gasteiger charge is -2.24. The molecule has 0 spiro atoms. The van der Waals surface area contributed by atoms with Crippen molar-refractivity contribution >= 4 is 17.7 Å². The van der Waals surface area contributed by atoms with E-state index in [0.29, 0.717) is 26.3 Å². The molecule has 0 aromatic heterocycles. The van der Waals surface area contributed by atoms with Crippen molar-refractivity contribution in [3.8, 4) is 5.75 Å². The summed E-state index contributed by atoms with van der Waals surface area (Å²) < 4.78 is 57.2. The van der Waals surface area contributed by atoms with E-state index in [4.69, 9.17) is 5.11 Å². The van der Waals surface area contributed by atoms with Gasteiger partial charge >= 0.3 is 18.2 Å². The minimum Gasteiger partial charge on any atom is -0.478 e. The molecule has 2 atom stereocenters. The summed E-state index contributed by atoms with van der Waals surface area (Å²) in [6.45, 7) is 0.637. The number of ether oxygens (including phenoxy) is 1. The van der Waals surface area contributed by atoms with Gasteiger partial charge in [0.05, 0.1) is 18.3 Å². The van der Waals surface area contributed by atoms with E-state index in [0.717, 1.165) is 12.1 Å². The lowest BCUT2D eigenvalue weighted by atomic mass is 10.1. The van der Waals surface area contributed by atoms with Gasteiger partial charge in [-0.25, -0.2) is 14.0 Å². The number of alkyl halides is 3. The van der Waals surface area contributed by atoms with E-state index in [9.17, 15) is 32.3 Å². The maximum absolute atomic E-state index is 14.6. The molecule has 1 saturated heterocycles. The minimum absolute atomic E-state index is 0.286. The highest BCUT2D eigenvalue weighted by Crippen LogP contribution is 2.33. The van der Waals surface area contributed by atoms with Gasteiger partial charge in [-0.05, 0) is 31.9 Å². The molecule has 0 bridgehead atoms. The van der Waals surface area contributed by atoms with Gasteiger partial charge in [0.15, 0.2) is 17.7 Å². The van der Waals surface area contributed by atoms with Gasteiger partial charge in [0.25, 0.3) is 0 Å². The van der Waals surface area contributed by atoms with E-state index < -0.39 is 53.1 Å². The lowest BCUT2D eigenvalue weighted by molar-refractivity contribution is -0.189. The van der Waals surface area contributed by atoms with Crippen LogP contribution < -0.4 is 10.1 Å². The number of aromatic carboxylic acids is 1. The molecule has 0 saturated carbocycles. The Hall–Kier alpha value is -2.56. The number of anilines is 1. The third-order valence-electron chi connectivity index (χ3n) is 4.17. The number of halogens is 4. The second-order valence-electron chi connectivity index (χ2n) is 6.01. The van der Waals surface area contributed by atoms with Gasteiger partial charge in [0.1, 0.15) is 5.56 Å². The Morgan fingerprint density at radius 2 is 2.07 bits per heavy atom. The van der Waals surface area contributed by atoms with Crippen molar-refractivity contribution in [1.29, 1.82) is 0 Å². The molecule has 1 fully saturated rings. The Bertz CT molecular complexity index is 725. The number of urea groups is 1. The summed E-state index contributed by atoms with van der Waals surface area (Å²) in [6, 6.07) is 0.550. The fourth-order valence-electron chi connectivity index (χ4n) is 2.66. The first-order valence-corrected chi connectivity index (χ1v) is 8.04. The first-order chi connectivity index (χ1) is 12.6. The highest BCUT2D eigenvalue weighted by molar-refractivity contribution is 5.94. The highest BCUT2D eigenvalue weighted by atomic mass is 19.4. The molecule has 27 heavy (non-hydrogen) atoms. The van der Waals surface area contributed by atoms with Gasteiger partial charge < -0.3 is 25.2 Å². The SMILES string of the molecule is C[C@H](Oc1c(C(=O)O)ccc(NC(=O)N2CCC[C@@H]2CO)c1F)C(F)(F)F. The summed E-state index contributed by atoms with van der Waals surface area (Å²) in [6.07, 6.45) is -6.11. The number of benzene rings is 1. The molecule has 0 unspecified atom stereocenters. The number of likely N-dealkylation sites (tertiary alicyclic amines) is 1. The van der Waals surface area contributed by atoms with Crippen LogP contribution in [0.4, 0.5) is 28.0 Å². The van der Waals surface area contributed by atoms with Gasteiger partial charge in [0.2, 0.25) is 0 Å². The van der Waals surface area contributed by atoms with E-state index in [1.54, 1.807) is 0 Å². The molecule has 150 valence electrons. The van der Waals surface area contributed by atoms with E-state index >= 15 is 0 Å². The quantitative estimate of drug-likeness (QED) is 0.667. The number of nitrogens with one attached hydrogen (secondary N) is 1. The number of rotatable bonds is 5. The minimum atomic E-state index is -4.84. The van der Waals surface area contributed by atoms with Crippen LogP contribution in [0.15, 0.2) is 12.1 Å². The molecular weight excluding hydrogens is 376 g/mol. The third kappa shape index (κ3) is 4.59. The molecule has 1 aromatic carbocycles. The van der Waals surface area contributed by atoms with Crippen LogP contribution in [0.3, 0.4) is 0 Å². The lowest BCUT2D eigenvalue weighted by Crippen LogP contribution is -2.40. The number of nitrogens with zero attached hydrogens (tertiary/aromatic N) is 1. The van der Waals surface area contributed by atoms with Crippen molar-refractivity contribution in [1.82, 2.24) is 4.90 Å². The fourth-order valence-corrected chi connectivity index (χ4v) is 2.66. The van der Waals surface area contributed by atoms with Crippen LogP contribution in [-0.2, 0) is 0 Å². The predicted molar refractivity (Wildman–Crippen MR) is 85.3 cm³/mol. The van der Waals surface area contributed by atoms with Crippen LogP contribution in [0.5, 0.6) is 5.75 Å². The third-order valence-corrected chi connectivity index (χ3v) is 4.17. The molecule has 0 aliphatic carbocycles. The van der Waals surface area contributed by atoms with Crippen LogP contribution >= 0.6 is 0 Å². The number of hydrogen-bond acceptors (Lipinski definition) is 4. The molecule has 1 aromatic rings. The van der Waals surface area contributed by atoms with Gasteiger partial charge in [0, 0.05) is 6.54 Å². The van der Waals surface area contributed by atoms with Crippen molar-refractivity contribution < 1.29 is 42.1 Å². The highest BCUT2D eigenvalue weighted by Gasteiger charge is 2.39. The van der Waals surface area contributed by atoms with Gasteiger partial charge in [-0.3, -0.25) is 0 Å². The summed E-state index contributed by atoms with van der Waals surface area (Å²) >= 11 is 0. The molecule has 1 heterocycles. The summed E-state index contributed by atoms with van der Waals surface area (Å²) in [5, 5.41) is 20.5. The molecular formula is C16H18F4N2O5. The van der Waals surface area contributed by atoms with E-state index in [-0.39, 0.29) is 6.61 Å². The number of carbonyl (C=O) groups is 2. The number of amides is 2. The average Bonchev–Trinajstić information content (AvgIpc) is 3.05. The first-order valence-electron chi connectivity index (χ1n) is 8.04. The Morgan fingerprint density at radius 1 is 1.41 bits per heavy atom. The smallest absolute Gasteiger partial charge is 0.425 e. The van der Waals surface area contributed by atoms with E-state index in [1.807, 2.05) is 0 Å². The molecule has 7 nitrogen and oxygen atoms in total. The molecule has 11 heteroatoms. The average molecular weight is 394 g/mol. The Labute approximate surface area is 151 Å². The Kier molecular flexibility index (Phi) is 6.14. The predicted octanol–water partition coefficient (Wildman–Crippen LogP) is 2.84. The summed E-state index contributed by atoms with van der Waals surface area (Å²) in [5.41, 5.74) is -1.34. The summed E-state index contributed by atoms with van der Waals surface area (Å²) in [7, 11) is 0. The zero-order chi connectivity index (χ0) is 20.4. The normalized spacial score (nSPS) is 18.3. The molecule has 2 amide bonds. The maximum Gasteiger partial charge on any atom is 0.425 e. The van der Waals surface area contributed by atoms with Crippen molar-refractivity contribution in [2.75, 3.05) is 18.5 Å². The van der Waals surface area contributed by atoms with E-state index in [1.165, 1.54) is 4.90 Å². The topological polar surface area (TPSA) is 99.1 Å². The number of carbonyl (C=O) groups excluding carboxylic acids is 1. The zero-order valence-electron chi connectivity index (χ0n) is 14.2. The monoisotopic (exact) mass is 394 g/mol. The van der Waals surface area contributed by atoms with Crippen LogP contribution in [0.25, 0.3) is 0 Å². The molecule has 1 aliphatic rings. The summed E-state index contributed by atoms with van der Waals surface area (Å²) in [4.78, 5) is 24.7. The number of aliphatic hydroxyl groups excluding tert-OH is 1. The second kappa shape index (κ2) is 7.99. The number of carboxylic acids is 1. The Morgan fingerprint density at radius 3 is 2.63 bits per heavy atom. The molecule has 2 rings (SSSR count). The number of aliphatic hydroxyl groups is 1. The number of carboxylic acid groups (broad SMARTS) is 1. The standard InChI is InChI=1S/C16H18F4N2O5/c1-8(16(18,19)20)27-13-10(14(24)25)4-5-11(12(13)17)21-15(26)22-6-2-3-9(22)7-23/h4-5,8-9,23H,2-3,6-7H2,1H3,(H,21,26)(H,24,25)/t8-,9+/m0/s1. The van der Waals surface area contributed by atoms with Gasteiger partial charge in [-0.15, -0.1) is 0 Å². The van der Waals surface area contributed by atoms with Crippen molar-refractivity contribution in [3.63, 3.8) is 0 Å². The van der Waals surface area contributed by atoms with Crippen LogP contribution in [0, 0.1) is 5.82 Å². The van der Waals surface area contributed by atoms with E-state index in [2.05, 4.69) is 10.1 Å². The second-order valence-corrected chi connectivity index (χ2v) is 6.01. The van der Waals surface area contributed by atoms with Crippen molar-refractivity contribution in [2.24, 2.45) is 0 Å². The molecule has 1 aliphatic heterocycles. The van der Waals surface area contributed by atoms with Crippen LogP contribution in [0.2, 0.25) is 0 Å². The number of hydrogen-bond donors (Lipinski definition) is 3. The Balaban J connectivity index is 2.31. The van der Waals surface area contributed by atoms with Crippen molar-refractivity contribution in [2.45, 2.75) is 38.1 Å².